The summed E-state index contributed by atoms with van der Waals surface area (Å²) in [6, 6.07) is 10.9. The molecule has 6 nitrogen and oxygen atoms in total. The quantitative estimate of drug-likeness (QED) is 0.449. The number of benzene rings is 2. The Morgan fingerprint density at radius 1 is 1.19 bits per heavy atom. The zero-order valence-electron chi connectivity index (χ0n) is 17.8. The third-order valence-corrected chi connectivity index (χ3v) is 6.26. The molecule has 1 aliphatic carbocycles. The number of aromatic nitrogens is 1. The summed E-state index contributed by atoms with van der Waals surface area (Å²) in [5, 5.41) is 19.8. The van der Waals surface area contributed by atoms with E-state index in [9.17, 15) is 14.3 Å². The highest BCUT2D eigenvalue weighted by molar-refractivity contribution is 6.09. The zero-order chi connectivity index (χ0) is 22.2. The minimum absolute atomic E-state index is 0.0195. The molecule has 1 aromatic heterocycles. The van der Waals surface area contributed by atoms with E-state index in [-0.39, 0.29) is 23.6 Å². The molecular formula is C25H25FN4O2. The van der Waals surface area contributed by atoms with Crippen LogP contribution in [0.5, 0.6) is 5.75 Å². The lowest BCUT2D eigenvalue weighted by molar-refractivity contribution is 0.0995. The molecule has 2 heterocycles. The Morgan fingerprint density at radius 3 is 2.81 bits per heavy atom. The van der Waals surface area contributed by atoms with Gasteiger partial charge in [-0.25, -0.2) is 9.37 Å². The molecule has 0 atom stereocenters. The van der Waals surface area contributed by atoms with Gasteiger partial charge < -0.3 is 21.1 Å². The van der Waals surface area contributed by atoms with Crippen LogP contribution in [0.25, 0.3) is 0 Å². The van der Waals surface area contributed by atoms with Crippen LogP contribution in [0.2, 0.25) is 0 Å². The van der Waals surface area contributed by atoms with Crippen molar-refractivity contribution in [3.05, 3.63) is 70.7 Å². The summed E-state index contributed by atoms with van der Waals surface area (Å²) >= 11 is 0. The molecule has 4 N–H and O–H groups in total. The van der Waals surface area contributed by atoms with Gasteiger partial charge in [0.25, 0.3) is 0 Å². The fraction of sp³-hybridized carbons (Fsp3) is 0.280. The van der Waals surface area contributed by atoms with Gasteiger partial charge in [0.2, 0.25) is 0 Å². The number of halogens is 1. The number of Topliss-reactive ketones (excluding diaryl/α,β-unsaturated/α-hetero) is 1. The van der Waals surface area contributed by atoms with Gasteiger partial charge >= 0.3 is 0 Å². The van der Waals surface area contributed by atoms with Gasteiger partial charge in [-0.3, -0.25) is 4.79 Å². The Hall–Kier alpha value is -3.45. The summed E-state index contributed by atoms with van der Waals surface area (Å²) in [6.45, 7) is 2.40. The summed E-state index contributed by atoms with van der Waals surface area (Å²) in [7, 11) is 0. The third kappa shape index (κ3) is 3.91. The van der Waals surface area contributed by atoms with Crippen LogP contribution in [-0.2, 0) is 13.0 Å². The molecule has 3 aromatic rings. The van der Waals surface area contributed by atoms with E-state index in [1.54, 1.807) is 19.2 Å². The average Bonchev–Trinajstić information content (AvgIpc) is 2.86. The number of nitrogens with one attached hydrogen (secondary N) is 3. The number of carbonyl (C=O) groups is 1. The maximum absolute atomic E-state index is 14.4. The van der Waals surface area contributed by atoms with Crippen LogP contribution in [0.1, 0.15) is 46.3 Å². The largest absolute Gasteiger partial charge is 0.508 e. The number of ketones is 1. The third-order valence-electron chi connectivity index (χ3n) is 6.26. The van der Waals surface area contributed by atoms with E-state index in [1.165, 1.54) is 31.4 Å². The monoisotopic (exact) mass is 432 g/mol. The molecule has 7 heteroatoms. The predicted octanol–water partition coefficient (Wildman–Crippen LogP) is 5.10. The molecular weight excluding hydrogens is 407 g/mol. The Balaban J connectivity index is 1.43. The van der Waals surface area contributed by atoms with E-state index < -0.39 is 5.82 Å². The molecule has 5 rings (SSSR count). The van der Waals surface area contributed by atoms with Gasteiger partial charge in [0, 0.05) is 37.0 Å². The standard InChI is InChI=1S/C25H25FN4O2/c1-14-9-18(26)21(12-22(14)31)29-20-7-8-27-25-24(20)23(32)11-16-10-15(5-6-19(16)30-25)13-28-17-3-2-4-17/h5-10,12,17,28,31H,2-4,11,13H2,1H3,(H2,27,29,30). The lowest BCUT2D eigenvalue weighted by Crippen LogP contribution is -2.34. The van der Waals surface area contributed by atoms with Gasteiger partial charge in [0.1, 0.15) is 17.4 Å². The number of rotatable bonds is 5. The van der Waals surface area contributed by atoms with Crippen LogP contribution in [0, 0.1) is 12.7 Å². The number of anilines is 4. The van der Waals surface area contributed by atoms with Gasteiger partial charge in [-0.05, 0) is 54.7 Å². The molecule has 2 aromatic carbocycles. The van der Waals surface area contributed by atoms with Crippen molar-refractivity contribution in [3.8, 4) is 5.75 Å². The number of hydrogen-bond acceptors (Lipinski definition) is 6. The van der Waals surface area contributed by atoms with E-state index in [0.29, 0.717) is 28.7 Å². The first-order chi connectivity index (χ1) is 15.5. The lowest BCUT2D eigenvalue weighted by atomic mass is 9.93. The molecule has 0 saturated heterocycles. The lowest BCUT2D eigenvalue weighted by Gasteiger charge is -2.26. The number of pyridine rings is 1. The van der Waals surface area contributed by atoms with Crippen LogP contribution < -0.4 is 16.0 Å². The van der Waals surface area contributed by atoms with Gasteiger partial charge in [0.05, 0.1) is 16.9 Å². The highest BCUT2D eigenvalue weighted by Crippen LogP contribution is 2.35. The van der Waals surface area contributed by atoms with Crippen LogP contribution in [0.3, 0.4) is 0 Å². The molecule has 0 spiro atoms. The average molecular weight is 432 g/mol. The van der Waals surface area contributed by atoms with Crippen molar-refractivity contribution in [2.24, 2.45) is 0 Å². The van der Waals surface area contributed by atoms with Crippen molar-refractivity contribution in [2.45, 2.75) is 45.2 Å². The van der Waals surface area contributed by atoms with E-state index in [0.717, 1.165) is 23.4 Å². The van der Waals surface area contributed by atoms with Gasteiger partial charge in [-0.1, -0.05) is 18.6 Å². The van der Waals surface area contributed by atoms with Crippen LogP contribution in [0.15, 0.2) is 42.6 Å². The second-order valence-corrected chi connectivity index (χ2v) is 8.55. The Labute approximate surface area is 185 Å². The fourth-order valence-electron chi connectivity index (χ4n) is 4.13. The number of nitrogens with zero attached hydrogens (tertiary/aromatic N) is 1. The van der Waals surface area contributed by atoms with Crippen LogP contribution in [0.4, 0.5) is 27.3 Å². The molecule has 164 valence electrons. The van der Waals surface area contributed by atoms with Crippen molar-refractivity contribution in [1.82, 2.24) is 10.3 Å². The SMILES string of the molecule is Cc1cc(F)c(Nc2ccnc3c2C(=O)Cc2cc(CNC4CCC4)ccc2N3)cc1O. The van der Waals surface area contributed by atoms with Crippen molar-refractivity contribution in [2.75, 3.05) is 10.6 Å². The zero-order valence-corrected chi connectivity index (χ0v) is 17.8. The number of hydrogen-bond donors (Lipinski definition) is 4. The molecule has 0 amide bonds. The summed E-state index contributed by atoms with van der Waals surface area (Å²) in [5.74, 6) is -0.209. The molecule has 32 heavy (non-hydrogen) atoms. The molecule has 1 fully saturated rings. The number of fused-ring (bicyclic) bond motifs is 2. The van der Waals surface area contributed by atoms with E-state index >= 15 is 0 Å². The summed E-state index contributed by atoms with van der Waals surface area (Å²) < 4.78 is 14.4. The summed E-state index contributed by atoms with van der Waals surface area (Å²) in [6.07, 6.45) is 5.51. The first-order valence-electron chi connectivity index (χ1n) is 10.9. The molecule has 1 saturated carbocycles. The molecule has 0 radical (unpaired) electrons. The van der Waals surface area contributed by atoms with Crippen molar-refractivity contribution in [3.63, 3.8) is 0 Å². The van der Waals surface area contributed by atoms with E-state index in [2.05, 4.69) is 33.1 Å². The second-order valence-electron chi connectivity index (χ2n) is 8.55. The number of phenols is 1. The normalized spacial score (nSPS) is 15.2. The minimum Gasteiger partial charge on any atom is -0.508 e. The fourth-order valence-corrected chi connectivity index (χ4v) is 4.13. The first-order valence-corrected chi connectivity index (χ1v) is 10.9. The number of phenolic OH excluding ortho intramolecular Hbond substituents is 1. The maximum Gasteiger partial charge on any atom is 0.173 e. The minimum atomic E-state index is -0.508. The summed E-state index contributed by atoms with van der Waals surface area (Å²) in [5.41, 5.74) is 4.24. The van der Waals surface area contributed by atoms with Gasteiger partial charge in [-0.15, -0.1) is 0 Å². The van der Waals surface area contributed by atoms with E-state index in [1.807, 2.05) is 6.07 Å². The molecule has 1 aliphatic heterocycles. The van der Waals surface area contributed by atoms with E-state index in [4.69, 9.17) is 0 Å². The maximum atomic E-state index is 14.4. The topological polar surface area (TPSA) is 86.3 Å². The van der Waals surface area contributed by atoms with Crippen molar-refractivity contribution in [1.29, 1.82) is 0 Å². The molecule has 0 unspecified atom stereocenters. The van der Waals surface area contributed by atoms with Gasteiger partial charge in [0.15, 0.2) is 5.78 Å². The van der Waals surface area contributed by atoms with Crippen LogP contribution >= 0.6 is 0 Å². The Bertz CT molecular complexity index is 1210. The van der Waals surface area contributed by atoms with Crippen molar-refractivity contribution < 1.29 is 14.3 Å². The smallest absolute Gasteiger partial charge is 0.173 e. The number of aryl methyl sites for hydroxylation is 1. The van der Waals surface area contributed by atoms with Crippen molar-refractivity contribution >= 4 is 28.7 Å². The molecule has 0 bridgehead atoms. The van der Waals surface area contributed by atoms with Gasteiger partial charge in [-0.2, -0.15) is 0 Å². The number of aromatic hydroxyl groups is 1. The number of carbonyl (C=O) groups excluding carboxylic acids is 1. The highest BCUT2D eigenvalue weighted by Gasteiger charge is 2.25. The second kappa shape index (κ2) is 8.24. The summed E-state index contributed by atoms with van der Waals surface area (Å²) in [4.78, 5) is 17.6. The predicted molar refractivity (Wildman–Crippen MR) is 123 cm³/mol. The van der Waals surface area contributed by atoms with Crippen LogP contribution in [-0.4, -0.2) is 21.9 Å². The first kappa shape index (κ1) is 20.5. The Kier molecular flexibility index (Phi) is 5.27. The Morgan fingerprint density at radius 2 is 2.03 bits per heavy atom. The highest BCUT2D eigenvalue weighted by atomic mass is 19.1. The molecule has 2 aliphatic rings.